The van der Waals surface area contributed by atoms with E-state index in [2.05, 4.69) is 12.2 Å². The molecular formula is C13H21NO3. The fraction of sp³-hybridized carbons (Fsp3) is 0.538. The van der Waals surface area contributed by atoms with Gasteiger partial charge >= 0.3 is 0 Å². The van der Waals surface area contributed by atoms with Gasteiger partial charge in [-0.1, -0.05) is 6.07 Å². The molecular weight excluding hydrogens is 218 g/mol. The molecule has 0 heterocycles. The molecule has 0 aliphatic rings. The first kappa shape index (κ1) is 13.8. The molecule has 4 nitrogen and oxygen atoms in total. The Kier molecular flexibility index (Phi) is 5.80. The van der Waals surface area contributed by atoms with Crippen LogP contribution in [-0.2, 0) is 0 Å². The lowest BCUT2D eigenvalue weighted by Crippen LogP contribution is -2.14. The highest BCUT2D eigenvalue weighted by Crippen LogP contribution is 2.29. The third-order valence-electron chi connectivity index (χ3n) is 2.68. The van der Waals surface area contributed by atoms with Crippen molar-refractivity contribution in [2.75, 3.05) is 27.4 Å². The average molecular weight is 239 g/mol. The molecule has 0 fully saturated rings. The molecule has 0 aromatic heterocycles. The van der Waals surface area contributed by atoms with Gasteiger partial charge in [-0.2, -0.15) is 0 Å². The molecule has 1 unspecified atom stereocenters. The summed E-state index contributed by atoms with van der Waals surface area (Å²) in [5.74, 6) is 1.58. The van der Waals surface area contributed by atoms with Gasteiger partial charge in [-0.05, 0) is 20.0 Å². The number of rotatable bonds is 7. The van der Waals surface area contributed by atoms with Crippen LogP contribution in [0.5, 0.6) is 11.5 Å². The van der Waals surface area contributed by atoms with E-state index < -0.39 is 0 Å². The lowest BCUT2D eigenvalue weighted by atomic mass is 10.1. The van der Waals surface area contributed by atoms with Crippen LogP contribution < -0.4 is 14.8 Å². The van der Waals surface area contributed by atoms with Gasteiger partial charge < -0.3 is 19.9 Å². The quantitative estimate of drug-likeness (QED) is 0.712. The summed E-state index contributed by atoms with van der Waals surface area (Å²) in [6, 6.07) is 6.00. The summed E-state index contributed by atoms with van der Waals surface area (Å²) in [6.45, 7) is 2.72. The topological polar surface area (TPSA) is 50.7 Å². The number of ether oxygens (including phenoxy) is 2. The van der Waals surface area contributed by atoms with E-state index in [1.54, 1.807) is 7.11 Å². The number of hydrogen-bond acceptors (Lipinski definition) is 4. The first-order chi connectivity index (χ1) is 8.22. The van der Waals surface area contributed by atoms with Gasteiger partial charge in [-0.25, -0.2) is 0 Å². The maximum Gasteiger partial charge on any atom is 0.127 e. The van der Waals surface area contributed by atoms with Crippen LogP contribution in [0.1, 0.15) is 24.9 Å². The summed E-state index contributed by atoms with van der Waals surface area (Å²) >= 11 is 0. The Labute approximate surface area is 103 Å². The molecule has 1 aromatic carbocycles. The molecule has 0 bridgehead atoms. The monoisotopic (exact) mass is 239 g/mol. The first-order valence-electron chi connectivity index (χ1n) is 5.81. The van der Waals surface area contributed by atoms with Crippen molar-refractivity contribution in [1.29, 1.82) is 0 Å². The Hall–Kier alpha value is -1.26. The van der Waals surface area contributed by atoms with E-state index in [-0.39, 0.29) is 12.6 Å². The van der Waals surface area contributed by atoms with E-state index in [9.17, 15) is 0 Å². The second-order valence-corrected chi connectivity index (χ2v) is 3.84. The molecule has 0 aliphatic heterocycles. The van der Waals surface area contributed by atoms with E-state index in [0.29, 0.717) is 13.0 Å². The Morgan fingerprint density at radius 2 is 2.18 bits per heavy atom. The molecule has 17 heavy (non-hydrogen) atoms. The second kappa shape index (κ2) is 7.14. The van der Waals surface area contributed by atoms with E-state index in [4.69, 9.17) is 14.6 Å². The highest BCUT2D eigenvalue weighted by molar-refractivity contribution is 5.42. The maximum absolute atomic E-state index is 8.75. The average Bonchev–Trinajstić information content (AvgIpc) is 2.38. The summed E-state index contributed by atoms with van der Waals surface area (Å²) in [5.41, 5.74) is 1.09. The second-order valence-electron chi connectivity index (χ2n) is 3.84. The fourth-order valence-corrected chi connectivity index (χ4v) is 1.53. The molecule has 4 heteroatoms. The third kappa shape index (κ3) is 3.91. The number of hydrogen-bond donors (Lipinski definition) is 2. The summed E-state index contributed by atoms with van der Waals surface area (Å²) < 4.78 is 10.8. The van der Waals surface area contributed by atoms with Crippen molar-refractivity contribution >= 4 is 0 Å². The minimum atomic E-state index is 0.140. The molecule has 0 saturated heterocycles. The van der Waals surface area contributed by atoms with Gasteiger partial charge in [-0.3, -0.25) is 0 Å². The van der Waals surface area contributed by atoms with Crippen molar-refractivity contribution < 1.29 is 14.6 Å². The van der Waals surface area contributed by atoms with Gasteiger partial charge in [0.15, 0.2) is 0 Å². The first-order valence-corrected chi connectivity index (χ1v) is 5.81. The molecule has 96 valence electrons. The van der Waals surface area contributed by atoms with Gasteiger partial charge in [0.05, 0.1) is 13.7 Å². The van der Waals surface area contributed by atoms with Crippen molar-refractivity contribution in [3.63, 3.8) is 0 Å². The van der Waals surface area contributed by atoms with E-state index >= 15 is 0 Å². The Balaban J connectivity index is 2.86. The predicted octanol–water partition coefficient (Wildman–Crippen LogP) is 1.74. The van der Waals surface area contributed by atoms with Crippen LogP contribution in [0.3, 0.4) is 0 Å². The largest absolute Gasteiger partial charge is 0.497 e. The lowest BCUT2D eigenvalue weighted by Gasteiger charge is -2.17. The molecule has 0 aliphatic carbocycles. The van der Waals surface area contributed by atoms with E-state index in [1.807, 2.05) is 25.2 Å². The van der Waals surface area contributed by atoms with Gasteiger partial charge in [0.25, 0.3) is 0 Å². The SMILES string of the molecule is CNC(C)c1ccc(OC)cc1OCCCO. The van der Waals surface area contributed by atoms with Crippen LogP contribution in [0, 0.1) is 0 Å². The van der Waals surface area contributed by atoms with Crippen LogP contribution in [-0.4, -0.2) is 32.5 Å². The highest BCUT2D eigenvalue weighted by atomic mass is 16.5. The van der Waals surface area contributed by atoms with Gasteiger partial charge in [0.2, 0.25) is 0 Å². The summed E-state index contributed by atoms with van der Waals surface area (Å²) in [4.78, 5) is 0. The van der Waals surface area contributed by atoms with Crippen molar-refractivity contribution in [2.45, 2.75) is 19.4 Å². The zero-order valence-electron chi connectivity index (χ0n) is 10.7. The third-order valence-corrected chi connectivity index (χ3v) is 2.68. The van der Waals surface area contributed by atoms with Crippen LogP contribution in [0.2, 0.25) is 0 Å². The number of methoxy groups -OCH3 is 1. The molecule has 0 amide bonds. The standard InChI is InChI=1S/C13H21NO3/c1-10(14-2)12-6-5-11(16-3)9-13(12)17-8-4-7-15/h5-6,9-10,14-15H,4,7-8H2,1-3H3. The lowest BCUT2D eigenvalue weighted by molar-refractivity contribution is 0.231. The van der Waals surface area contributed by atoms with E-state index in [1.165, 1.54) is 0 Å². The van der Waals surface area contributed by atoms with Crippen molar-refractivity contribution in [3.8, 4) is 11.5 Å². The molecule has 1 atom stereocenters. The number of nitrogens with one attached hydrogen (secondary N) is 1. The van der Waals surface area contributed by atoms with Gasteiger partial charge in [0, 0.05) is 30.7 Å². The summed E-state index contributed by atoms with van der Waals surface area (Å²) in [6.07, 6.45) is 0.630. The number of aliphatic hydroxyl groups excluding tert-OH is 1. The van der Waals surface area contributed by atoms with Gasteiger partial charge in [0.1, 0.15) is 11.5 Å². The zero-order chi connectivity index (χ0) is 12.7. The predicted molar refractivity (Wildman–Crippen MR) is 67.7 cm³/mol. The maximum atomic E-state index is 8.75. The molecule has 0 radical (unpaired) electrons. The smallest absolute Gasteiger partial charge is 0.127 e. The molecule has 1 rings (SSSR count). The van der Waals surface area contributed by atoms with Gasteiger partial charge in [-0.15, -0.1) is 0 Å². The molecule has 2 N–H and O–H groups in total. The van der Waals surface area contributed by atoms with Crippen LogP contribution in [0.25, 0.3) is 0 Å². The van der Waals surface area contributed by atoms with E-state index in [0.717, 1.165) is 17.1 Å². The zero-order valence-corrected chi connectivity index (χ0v) is 10.7. The summed E-state index contributed by atoms with van der Waals surface area (Å²) in [5, 5.41) is 11.9. The van der Waals surface area contributed by atoms with Crippen molar-refractivity contribution in [3.05, 3.63) is 23.8 Å². The fourth-order valence-electron chi connectivity index (χ4n) is 1.53. The van der Waals surface area contributed by atoms with Crippen LogP contribution in [0.4, 0.5) is 0 Å². The van der Waals surface area contributed by atoms with Crippen LogP contribution in [0.15, 0.2) is 18.2 Å². The van der Waals surface area contributed by atoms with Crippen LogP contribution >= 0.6 is 0 Å². The minimum absolute atomic E-state index is 0.140. The molecule has 1 aromatic rings. The number of benzene rings is 1. The highest BCUT2D eigenvalue weighted by Gasteiger charge is 2.11. The minimum Gasteiger partial charge on any atom is -0.497 e. The number of aliphatic hydroxyl groups is 1. The van der Waals surface area contributed by atoms with Crippen molar-refractivity contribution in [2.24, 2.45) is 0 Å². The molecule has 0 spiro atoms. The Morgan fingerprint density at radius 3 is 2.76 bits per heavy atom. The normalized spacial score (nSPS) is 12.2. The summed E-state index contributed by atoms with van der Waals surface area (Å²) in [7, 11) is 3.54. The Bertz CT molecular complexity index is 341. The Morgan fingerprint density at radius 1 is 1.41 bits per heavy atom. The molecule has 0 saturated carbocycles. The van der Waals surface area contributed by atoms with Crippen molar-refractivity contribution in [1.82, 2.24) is 5.32 Å².